The first-order chi connectivity index (χ1) is 12.9. The number of benzene rings is 1. The van der Waals surface area contributed by atoms with E-state index in [1.165, 1.54) is 17.4 Å². The molecule has 2 atom stereocenters. The van der Waals surface area contributed by atoms with Crippen LogP contribution in [0.15, 0.2) is 30.3 Å². The normalized spacial score (nSPS) is 25.5. The van der Waals surface area contributed by atoms with Crippen LogP contribution in [0, 0.1) is 0 Å². The number of fused-ring (bicyclic) bond motifs is 1. The molecule has 4 rings (SSSR count). The molecule has 2 aliphatic heterocycles. The maximum atomic E-state index is 12.4. The van der Waals surface area contributed by atoms with Crippen molar-refractivity contribution >= 4 is 54.8 Å². The Morgan fingerprint density at radius 3 is 2.70 bits per heavy atom. The smallest absolute Gasteiger partial charge is 0.244 e. The number of carbonyl (C=O) groups excluding carboxylic acids is 1. The van der Waals surface area contributed by atoms with Gasteiger partial charge in [0, 0.05) is 27.1 Å². The van der Waals surface area contributed by atoms with Gasteiger partial charge in [-0.3, -0.25) is 9.69 Å². The van der Waals surface area contributed by atoms with Gasteiger partial charge >= 0.3 is 0 Å². The number of amides is 1. The average Bonchev–Trinajstić information content (AvgIpc) is 3.32. The minimum atomic E-state index is -3.12. The van der Waals surface area contributed by atoms with Crippen LogP contribution in [0.1, 0.15) is 17.7 Å². The fourth-order valence-corrected chi connectivity index (χ4v) is 7.27. The third-order valence-corrected chi connectivity index (χ3v) is 8.58. The van der Waals surface area contributed by atoms with Gasteiger partial charge < -0.3 is 5.32 Å². The van der Waals surface area contributed by atoms with Crippen molar-refractivity contribution < 1.29 is 13.2 Å². The summed E-state index contributed by atoms with van der Waals surface area (Å²) in [5, 5.41) is 4.51. The van der Waals surface area contributed by atoms with Crippen LogP contribution < -0.4 is 5.32 Å². The van der Waals surface area contributed by atoms with Gasteiger partial charge in [0.05, 0.1) is 22.6 Å². The predicted molar refractivity (Wildman–Crippen MR) is 111 cm³/mol. The van der Waals surface area contributed by atoms with E-state index in [0.29, 0.717) is 5.02 Å². The molecule has 0 saturated carbocycles. The Balaban J connectivity index is 1.47. The van der Waals surface area contributed by atoms with Gasteiger partial charge in [0.2, 0.25) is 5.91 Å². The second-order valence-corrected chi connectivity index (χ2v) is 10.7. The highest BCUT2D eigenvalue weighted by atomic mass is 35.5. The number of hydrogen-bond donors (Lipinski definition) is 1. The first-order valence-corrected chi connectivity index (χ1v) is 12.0. The summed E-state index contributed by atoms with van der Waals surface area (Å²) in [5.74, 6) is -0.143. The van der Waals surface area contributed by atoms with Gasteiger partial charge in [-0.25, -0.2) is 8.42 Å². The minimum absolute atomic E-state index is 0.0113. The summed E-state index contributed by atoms with van der Waals surface area (Å²) in [4.78, 5) is 15.4. The fourth-order valence-electron chi connectivity index (χ4n) is 3.92. The second-order valence-electron chi connectivity index (χ2n) is 7.11. The monoisotopic (exact) mass is 424 g/mol. The van der Waals surface area contributed by atoms with Crippen LogP contribution in [0.25, 0.3) is 16.2 Å². The Morgan fingerprint density at radius 1 is 1.22 bits per heavy atom. The van der Waals surface area contributed by atoms with E-state index in [0.717, 1.165) is 40.9 Å². The van der Waals surface area contributed by atoms with Crippen LogP contribution >= 0.6 is 22.9 Å². The summed E-state index contributed by atoms with van der Waals surface area (Å²) in [6.45, 7) is 1.81. The summed E-state index contributed by atoms with van der Waals surface area (Å²) in [7, 11) is -3.12. The SMILES string of the molecule is O=C(/C=C/c1sc2ccccc2c1Cl)NC1CS(=O)(=O)CC1N1CCCC1. The lowest BCUT2D eigenvalue weighted by atomic mass is 10.1. The zero-order valence-corrected chi connectivity index (χ0v) is 17.1. The van der Waals surface area contributed by atoms with E-state index in [-0.39, 0.29) is 29.5 Å². The zero-order valence-electron chi connectivity index (χ0n) is 14.7. The third kappa shape index (κ3) is 4.06. The number of sulfone groups is 1. The van der Waals surface area contributed by atoms with Crippen molar-refractivity contribution in [3.05, 3.63) is 40.2 Å². The lowest BCUT2D eigenvalue weighted by molar-refractivity contribution is -0.117. The van der Waals surface area contributed by atoms with Gasteiger partial charge in [0.25, 0.3) is 0 Å². The van der Waals surface area contributed by atoms with E-state index in [1.54, 1.807) is 6.08 Å². The quantitative estimate of drug-likeness (QED) is 0.766. The Kier molecular flexibility index (Phi) is 5.29. The topological polar surface area (TPSA) is 66.5 Å². The Labute approximate surface area is 167 Å². The van der Waals surface area contributed by atoms with Gasteiger partial charge in [-0.2, -0.15) is 0 Å². The molecule has 2 aliphatic rings. The molecule has 1 amide bonds. The lowest BCUT2D eigenvalue weighted by Crippen LogP contribution is -2.49. The van der Waals surface area contributed by atoms with Crippen LogP contribution in [0.2, 0.25) is 5.02 Å². The van der Waals surface area contributed by atoms with E-state index in [4.69, 9.17) is 11.6 Å². The highest BCUT2D eigenvalue weighted by Gasteiger charge is 2.42. The molecule has 0 aliphatic carbocycles. The maximum Gasteiger partial charge on any atom is 0.244 e. The standard InChI is InChI=1S/C19H21ClN2O3S2/c20-19-13-5-1-2-6-16(13)26-17(19)7-8-18(23)21-14-11-27(24,25)12-15(14)22-9-3-4-10-22/h1-2,5-8,14-15H,3-4,9-12H2,(H,21,23)/b8-7+. The molecule has 5 nitrogen and oxygen atoms in total. The van der Waals surface area contributed by atoms with Crippen molar-refractivity contribution in [3.8, 4) is 0 Å². The largest absolute Gasteiger partial charge is 0.347 e. The van der Waals surface area contributed by atoms with Gasteiger partial charge in [0.15, 0.2) is 9.84 Å². The Morgan fingerprint density at radius 2 is 1.96 bits per heavy atom. The summed E-state index contributed by atoms with van der Waals surface area (Å²) >= 11 is 7.93. The van der Waals surface area contributed by atoms with Gasteiger partial charge in [-0.1, -0.05) is 29.8 Å². The van der Waals surface area contributed by atoms with Crippen molar-refractivity contribution in [2.75, 3.05) is 24.6 Å². The number of nitrogens with one attached hydrogen (secondary N) is 1. The summed E-state index contributed by atoms with van der Waals surface area (Å²) in [6.07, 6.45) is 5.32. The molecule has 1 N–H and O–H groups in total. The second kappa shape index (κ2) is 7.54. The summed E-state index contributed by atoms with van der Waals surface area (Å²) in [5.41, 5.74) is 0. The number of rotatable bonds is 4. The number of carbonyl (C=O) groups is 1. The fraction of sp³-hybridized carbons (Fsp3) is 0.421. The van der Waals surface area contributed by atoms with Crippen molar-refractivity contribution in [3.63, 3.8) is 0 Å². The highest BCUT2D eigenvalue weighted by molar-refractivity contribution is 7.91. The number of likely N-dealkylation sites (tertiary alicyclic amines) is 1. The predicted octanol–water partition coefficient (Wildman–Crippen LogP) is 2.95. The number of hydrogen-bond acceptors (Lipinski definition) is 5. The molecular formula is C19H21ClN2O3S2. The first-order valence-electron chi connectivity index (χ1n) is 9.03. The molecule has 0 spiro atoms. The van der Waals surface area contributed by atoms with E-state index in [1.807, 2.05) is 24.3 Å². The van der Waals surface area contributed by atoms with E-state index >= 15 is 0 Å². The third-order valence-electron chi connectivity index (χ3n) is 5.21. The Bertz CT molecular complexity index is 994. The van der Waals surface area contributed by atoms with Gasteiger partial charge in [-0.05, 0) is 38.1 Å². The van der Waals surface area contributed by atoms with E-state index in [9.17, 15) is 13.2 Å². The molecule has 144 valence electrons. The highest BCUT2D eigenvalue weighted by Crippen LogP contribution is 2.35. The maximum absolute atomic E-state index is 12.4. The van der Waals surface area contributed by atoms with E-state index in [2.05, 4.69) is 10.2 Å². The number of halogens is 1. The molecule has 2 unspecified atom stereocenters. The van der Waals surface area contributed by atoms with Crippen LogP contribution in [-0.2, 0) is 14.6 Å². The molecule has 2 aromatic rings. The van der Waals surface area contributed by atoms with Crippen LogP contribution in [0.3, 0.4) is 0 Å². The van der Waals surface area contributed by atoms with Crippen molar-refractivity contribution in [1.29, 1.82) is 0 Å². The summed E-state index contributed by atoms with van der Waals surface area (Å²) < 4.78 is 25.3. The zero-order chi connectivity index (χ0) is 19.0. The molecule has 2 saturated heterocycles. The van der Waals surface area contributed by atoms with Crippen LogP contribution in [0.4, 0.5) is 0 Å². The molecule has 1 aromatic carbocycles. The van der Waals surface area contributed by atoms with Crippen molar-refractivity contribution in [2.45, 2.75) is 24.9 Å². The number of nitrogens with zero attached hydrogens (tertiary/aromatic N) is 1. The van der Waals surface area contributed by atoms with Crippen LogP contribution in [0.5, 0.6) is 0 Å². The average molecular weight is 425 g/mol. The molecule has 3 heterocycles. The molecule has 1 aromatic heterocycles. The molecule has 0 bridgehead atoms. The Hall–Kier alpha value is -1.41. The minimum Gasteiger partial charge on any atom is -0.347 e. The summed E-state index contributed by atoms with van der Waals surface area (Å²) in [6, 6.07) is 7.35. The van der Waals surface area contributed by atoms with Gasteiger partial charge in [0.1, 0.15) is 0 Å². The molecule has 8 heteroatoms. The molecular weight excluding hydrogens is 404 g/mol. The molecule has 0 radical (unpaired) electrons. The van der Waals surface area contributed by atoms with Crippen LogP contribution in [-0.4, -0.2) is 55.9 Å². The van der Waals surface area contributed by atoms with E-state index < -0.39 is 9.84 Å². The van der Waals surface area contributed by atoms with Crippen molar-refractivity contribution in [2.24, 2.45) is 0 Å². The van der Waals surface area contributed by atoms with Crippen molar-refractivity contribution in [1.82, 2.24) is 10.2 Å². The first kappa shape index (κ1) is 18.9. The number of thiophene rings is 1. The molecule has 2 fully saturated rings. The van der Waals surface area contributed by atoms with Gasteiger partial charge in [-0.15, -0.1) is 11.3 Å². The lowest BCUT2D eigenvalue weighted by Gasteiger charge is -2.28. The molecule has 27 heavy (non-hydrogen) atoms.